The molecule has 0 amide bonds. The van der Waals surface area contributed by atoms with E-state index in [9.17, 15) is 4.79 Å². The molecule has 0 fully saturated rings. The molecule has 0 aliphatic rings. The van der Waals surface area contributed by atoms with E-state index in [-0.39, 0.29) is 5.78 Å². The number of aryl methyl sites for hydroxylation is 1. The van der Waals surface area contributed by atoms with Crippen molar-refractivity contribution in [2.75, 3.05) is 0 Å². The van der Waals surface area contributed by atoms with Gasteiger partial charge in [0.15, 0.2) is 5.78 Å². The van der Waals surface area contributed by atoms with Gasteiger partial charge in [0.25, 0.3) is 0 Å². The van der Waals surface area contributed by atoms with Crippen molar-refractivity contribution in [3.8, 4) is 0 Å². The number of hydrogen-bond donors (Lipinski definition) is 0. The third kappa shape index (κ3) is 2.18. The Labute approximate surface area is 106 Å². The number of aromatic nitrogens is 1. The number of carbonyl (C=O) groups excluding carboxylic acids is 1. The fourth-order valence-electron chi connectivity index (χ4n) is 1.96. The van der Waals surface area contributed by atoms with E-state index >= 15 is 0 Å². The Morgan fingerprint density at radius 1 is 1.35 bits per heavy atom. The summed E-state index contributed by atoms with van der Waals surface area (Å²) in [6.45, 7) is 3.82. The summed E-state index contributed by atoms with van der Waals surface area (Å²) < 4.78 is 0. The summed E-state index contributed by atoms with van der Waals surface area (Å²) in [5.41, 5.74) is 2.13. The number of pyridine rings is 1. The van der Waals surface area contributed by atoms with Gasteiger partial charge in [-0.3, -0.25) is 9.78 Å². The summed E-state index contributed by atoms with van der Waals surface area (Å²) >= 11 is 6.32. The molecule has 0 saturated carbocycles. The van der Waals surface area contributed by atoms with Crippen molar-refractivity contribution in [1.82, 2.24) is 4.98 Å². The van der Waals surface area contributed by atoms with Crippen LogP contribution in [0.4, 0.5) is 0 Å². The lowest BCUT2D eigenvalue weighted by atomic mass is 10.0. The molecular formula is C14H14ClNO. The van der Waals surface area contributed by atoms with Crippen LogP contribution in [-0.4, -0.2) is 10.8 Å². The number of rotatable bonds is 3. The number of Topliss-reactive ketones (excluding diaryl/α,β-unsaturated/α-hetero) is 1. The number of benzene rings is 1. The number of hydrogen-bond acceptors (Lipinski definition) is 2. The maximum atomic E-state index is 12.0. The number of nitrogens with zero attached hydrogens (tertiary/aromatic N) is 1. The monoisotopic (exact) mass is 247 g/mol. The highest BCUT2D eigenvalue weighted by molar-refractivity contribution is 6.38. The maximum Gasteiger partial charge on any atom is 0.166 e. The molecule has 88 valence electrons. The van der Waals surface area contributed by atoms with Crippen molar-refractivity contribution in [2.45, 2.75) is 26.7 Å². The lowest BCUT2D eigenvalue weighted by Gasteiger charge is -2.09. The summed E-state index contributed by atoms with van der Waals surface area (Å²) in [6.07, 6.45) is 1.34. The van der Waals surface area contributed by atoms with Gasteiger partial charge in [-0.15, -0.1) is 0 Å². The Bertz CT molecular complexity index is 578. The number of para-hydroxylation sites is 1. The molecule has 1 aromatic heterocycles. The molecule has 0 aliphatic carbocycles. The Morgan fingerprint density at radius 3 is 2.76 bits per heavy atom. The van der Waals surface area contributed by atoms with E-state index in [0.29, 0.717) is 22.7 Å². The van der Waals surface area contributed by atoms with Crippen LogP contribution < -0.4 is 0 Å². The van der Waals surface area contributed by atoms with Crippen molar-refractivity contribution < 1.29 is 4.79 Å². The predicted octanol–water partition coefficient (Wildman–Crippen LogP) is 4.18. The van der Waals surface area contributed by atoms with Crippen molar-refractivity contribution in [3.05, 3.63) is 40.5 Å². The minimum absolute atomic E-state index is 0.0771. The van der Waals surface area contributed by atoms with Gasteiger partial charge >= 0.3 is 0 Å². The molecule has 1 heterocycles. The molecule has 0 atom stereocenters. The van der Waals surface area contributed by atoms with Gasteiger partial charge in [-0.1, -0.05) is 36.7 Å². The van der Waals surface area contributed by atoms with Crippen LogP contribution in [0.25, 0.3) is 10.9 Å². The van der Waals surface area contributed by atoms with Gasteiger partial charge in [-0.25, -0.2) is 0 Å². The largest absolute Gasteiger partial charge is 0.294 e. The number of fused-ring (bicyclic) bond motifs is 1. The van der Waals surface area contributed by atoms with Crippen molar-refractivity contribution >= 4 is 28.3 Å². The van der Waals surface area contributed by atoms with Gasteiger partial charge in [0.05, 0.1) is 21.8 Å². The topological polar surface area (TPSA) is 30.0 Å². The second-order valence-electron chi connectivity index (χ2n) is 4.08. The zero-order valence-corrected chi connectivity index (χ0v) is 10.7. The first-order chi connectivity index (χ1) is 8.15. The standard InChI is InChI=1S/C14H14ClNO/c1-3-6-12(17)13-9(2)16-11-8-5-4-7-10(11)14(13)15/h4-5,7-8H,3,6H2,1-2H3. The van der Waals surface area contributed by atoms with Crippen LogP contribution >= 0.6 is 11.6 Å². The van der Waals surface area contributed by atoms with Crippen molar-refractivity contribution in [2.24, 2.45) is 0 Å². The average molecular weight is 248 g/mol. The summed E-state index contributed by atoms with van der Waals surface area (Å²) in [5, 5.41) is 1.38. The minimum atomic E-state index is 0.0771. The van der Waals surface area contributed by atoms with Gasteiger partial charge in [0.2, 0.25) is 0 Å². The molecule has 17 heavy (non-hydrogen) atoms. The van der Waals surface area contributed by atoms with Gasteiger partial charge in [-0.05, 0) is 19.4 Å². The van der Waals surface area contributed by atoms with E-state index in [4.69, 9.17) is 11.6 Å². The summed E-state index contributed by atoms with van der Waals surface area (Å²) in [7, 11) is 0. The number of halogens is 1. The first-order valence-electron chi connectivity index (χ1n) is 5.73. The van der Waals surface area contributed by atoms with E-state index in [2.05, 4.69) is 4.98 Å². The molecule has 0 radical (unpaired) electrons. The highest BCUT2D eigenvalue weighted by Crippen LogP contribution is 2.29. The first-order valence-corrected chi connectivity index (χ1v) is 6.11. The third-order valence-electron chi connectivity index (χ3n) is 2.77. The molecule has 0 saturated heterocycles. The lowest BCUT2D eigenvalue weighted by Crippen LogP contribution is -2.04. The van der Waals surface area contributed by atoms with Gasteiger partial charge in [-0.2, -0.15) is 0 Å². The highest BCUT2D eigenvalue weighted by atomic mass is 35.5. The van der Waals surface area contributed by atoms with Crippen LogP contribution in [0.3, 0.4) is 0 Å². The Balaban J connectivity index is 2.67. The van der Waals surface area contributed by atoms with Crippen LogP contribution in [0.2, 0.25) is 5.02 Å². The summed E-state index contributed by atoms with van der Waals surface area (Å²) in [5.74, 6) is 0.0771. The summed E-state index contributed by atoms with van der Waals surface area (Å²) in [6, 6.07) is 7.62. The second kappa shape index (κ2) is 4.84. The molecule has 0 unspecified atom stereocenters. The van der Waals surface area contributed by atoms with E-state index in [1.807, 2.05) is 38.1 Å². The molecule has 2 rings (SSSR count). The molecule has 0 aliphatic heterocycles. The average Bonchev–Trinajstić information content (AvgIpc) is 2.29. The van der Waals surface area contributed by atoms with Crippen LogP contribution in [0.1, 0.15) is 35.8 Å². The van der Waals surface area contributed by atoms with E-state index in [1.54, 1.807) is 0 Å². The van der Waals surface area contributed by atoms with E-state index in [1.165, 1.54) is 0 Å². The number of ketones is 1. The van der Waals surface area contributed by atoms with Gasteiger partial charge in [0, 0.05) is 11.8 Å². The molecule has 2 aromatic rings. The molecule has 2 nitrogen and oxygen atoms in total. The quantitative estimate of drug-likeness (QED) is 0.762. The molecule has 0 spiro atoms. The molecular weight excluding hydrogens is 234 g/mol. The minimum Gasteiger partial charge on any atom is -0.294 e. The van der Waals surface area contributed by atoms with Crippen LogP contribution in [0, 0.1) is 6.92 Å². The van der Waals surface area contributed by atoms with Gasteiger partial charge in [0.1, 0.15) is 0 Å². The van der Waals surface area contributed by atoms with Crippen molar-refractivity contribution in [1.29, 1.82) is 0 Å². The second-order valence-corrected chi connectivity index (χ2v) is 4.45. The molecule has 0 bridgehead atoms. The summed E-state index contributed by atoms with van der Waals surface area (Å²) in [4.78, 5) is 16.4. The SMILES string of the molecule is CCCC(=O)c1c(C)nc2ccccc2c1Cl. The van der Waals surface area contributed by atoms with Crippen LogP contribution in [0.5, 0.6) is 0 Å². The maximum absolute atomic E-state index is 12.0. The Morgan fingerprint density at radius 2 is 2.06 bits per heavy atom. The molecule has 0 N–H and O–H groups in total. The van der Waals surface area contributed by atoms with Gasteiger partial charge < -0.3 is 0 Å². The predicted molar refractivity (Wildman–Crippen MR) is 70.7 cm³/mol. The zero-order valence-electron chi connectivity index (χ0n) is 9.96. The fourth-order valence-corrected chi connectivity index (χ4v) is 2.36. The third-order valence-corrected chi connectivity index (χ3v) is 3.16. The Kier molecular flexibility index (Phi) is 3.43. The Hall–Kier alpha value is -1.41. The van der Waals surface area contributed by atoms with Crippen LogP contribution in [-0.2, 0) is 0 Å². The van der Waals surface area contributed by atoms with E-state index in [0.717, 1.165) is 17.3 Å². The first kappa shape index (κ1) is 12.1. The smallest absolute Gasteiger partial charge is 0.166 e. The fraction of sp³-hybridized carbons (Fsp3) is 0.286. The lowest BCUT2D eigenvalue weighted by molar-refractivity contribution is 0.0981. The zero-order chi connectivity index (χ0) is 12.4. The molecule has 1 aromatic carbocycles. The van der Waals surface area contributed by atoms with Crippen molar-refractivity contribution in [3.63, 3.8) is 0 Å². The van der Waals surface area contributed by atoms with Crippen LogP contribution in [0.15, 0.2) is 24.3 Å². The normalized spacial score (nSPS) is 10.8. The van der Waals surface area contributed by atoms with E-state index < -0.39 is 0 Å². The number of carbonyl (C=O) groups is 1. The highest BCUT2D eigenvalue weighted by Gasteiger charge is 2.16. The molecule has 3 heteroatoms.